The van der Waals surface area contributed by atoms with E-state index in [9.17, 15) is 4.39 Å². The number of benzene rings is 1. The van der Waals surface area contributed by atoms with Crippen molar-refractivity contribution in [1.29, 1.82) is 0 Å². The molecule has 1 heterocycles. The molecule has 1 aromatic heterocycles. The van der Waals surface area contributed by atoms with Crippen LogP contribution in [0.1, 0.15) is 29.8 Å². The summed E-state index contributed by atoms with van der Waals surface area (Å²) < 4.78 is 13.0. The van der Waals surface area contributed by atoms with Crippen LogP contribution >= 0.6 is 11.3 Å². The van der Waals surface area contributed by atoms with Crippen LogP contribution < -0.4 is 5.32 Å². The highest BCUT2D eigenvalue weighted by Gasteiger charge is 2.06. The number of hydrogen-bond acceptors (Lipinski definition) is 3. The third-order valence-corrected chi connectivity index (χ3v) is 3.65. The first-order chi connectivity index (χ1) is 8.66. The normalized spacial score (nSPS) is 12.6. The molecule has 0 saturated heterocycles. The molecular formula is C14H17FN2S. The van der Waals surface area contributed by atoms with E-state index >= 15 is 0 Å². The summed E-state index contributed by atoms with van der Waals surface area (Å²) >= 11 is 1.61. The van der Waals surface area contributed by atoms with Gasteiger partial charge >= 0.3 is 0 Å². The summed E-state index contributed by atoms with van der Waals surface area (Å²) in [6, 6.07) is 5.22. The van der Waals surface area contributed by atoms with Gasteiger partial charge in [0.15, 0.2) is 0 Å². The Kier molecular flexibility index (Phi) is 4.44. The van der Waals surface area contributed by atoms with Crippen molar-refractivity contribution in [2.45, 2.75) is 26.3 Å². The van der Waals surface area contributed by atoms with E-state index in [0.29, 0.717) is 0 Å². The second-order valence-corrected chi connectivity index (χ2v) is 5.13. The number of nitrogens with one attached hydrogen (secondary N) is 1. The number of thiazole rings is 1. The van der Waals surface area contributed by atoms with Crippen LogP contribution in [0.15, 0.2) is 29.1 Å². The minimum absolute atomic E-state index is 0.167. The molecule has 0 fully saturated rings. The molecule has 0 saturated carbocycles. The summed E-state index contributed by atoms with van der Waals surface area (Å²) in [5, 5.41) is 5.48. The third-order valence-electron chi connectivity index (χ3n) is 3.04. The van der Waals surface area contributed by atoms with Gasteiger partial charge in [-0.25, -0.2) is 9.37 Å². The van der Waals surface area contributed by atoms with Gasteiger partial charge in [0.2, 0.25) is 0 Å². The monoisotopic (exact) mass is 264 g/mol. The van der Waals surface area contributed by atoms with Gasteiger partial charge in [-0.3, -0.25) is 0 Å². The van der Waals surface area contributed by atoms with Gasteiger partial charge in [-0.05, 0) is 50.1 Å². The Morgan fingerprint density at radius 1 is 1.44 bits per heavy atom. The average molecular weight is 264 g/mol. The molecule has 0 radical (unpaired) electrons. The van der Waals surface area contributed by atoms with Gasteiger partial charge in [0.1, 0.15) is 5.82 Å². The molecule has 1 aromatic carbocycles. The number of rotatable bonds is 5. The summed E-state index contributed by atoms with van der Waals surface area (Å²) in [5.41, 5.74) is 5.13. The van der Waals surface area contributed by atoms with Crippen LogP contribution in [0.25, 0.3) is 0 Å². The lowest BCUT2D eigenvalue weighted by Crippen LogP contribution is -2.21. The lowest BCUT2D eigenvalue weighted by molar-refractivity contribution is 0.565. The van der Waals surface area contributed by atoms with Gasteiger partial charge < -0.3 is 5.32 Å². The molecule has 18 heavy (non-hydrogen) atoms. The van der Waals surface area contributed by atoms with E-state index in [2.05, 4.69) is 22.6 Å². The molecule has 2 aromatic rings. The van der Waals surface area contributed by atoms with E-state index < -0.39 is 0 Å². The highest BCUT2D eigenvalue weighted by molar-refractivity contribution is 7.07. The predicted molar refractivity (Wildman–Crippen MR) is 73.4 cm³/mol. The molecule has 2 nitrogen and oxygen atoms in total. The van der Waals surface area contributed by atoms with Crippen LogP contribution in [0.3, 0.4) is 0 Å². The third kappa shape index (κ3) is 3.37. The number of halogens is 1. The molecular weight excluding hydrogens is 247 g/mol. The van der Waals surface area contributed by atoms with Crippen LogP contribution in [-0.2, 0) is 6.42 Å². The molecule has 1 atom stereocenters. The molecule has 96 valence electrons. The van der Waals surface area contributed by atoms with Gasteiger partial charge in [-0.1, -0.05) is 6.07 Å². The molecule has 0 aliphatic heterocycles. The summed E-state index contributed by atoms with van der Waals surface area (Å²) in [6.45, 7) is 4.92. The smallest absolute Gasteiger partial charge is 0.123 e. The van der Waals surface area contributed by atoms with Crippen LogP contribution in [0, 0.1) is 12.7 Å². The van der Waals surface area contributed by atoms with Crippen LogP contribution in [0.4, 0.5) is 4.39 Å². The Hall–Kier alpha value is -1.26. The van der Waals surface area contributed by atoms with Gasteiger partial charge in [0.05, 0.1) is 11.2 Å². The second kappa shape index (κ2) is 6.07. The van der Waals surface area contributed by atoms with Gasteiger partial charge in [0.25, 0.3) is 0 Å². The molecule has 0 amide bonds. The largest absolute Gasteiger partial charge is 0.308 e. The number of aromatic nitrogens is 1. The van der Waals surface area contributed by atoms with Crippen molar-refractivity contribution in [3.63, 3.8) is 0 Å². The SMILES string of the molecule is Cc1cc(F)ccc1CCNC(C)c1cscn1. The Bertz CT molecular complexity index is 497. The van der Waals surface area contributed by atoms with E-state index in [1.165, 1.54) is 11.6 Å². The minimum Gasteiger partial charge on any atom is -0.308 e. The molecule has 1 unspecified atom stereocenters. The maximum atomic E-state index is 13.0. The van der Waals surface area contributed by atoms with Gasteiger partial charge in [-0.15, -0.1) is 11.3 Å². The molecule has 0 bridgehead atoms. The Morgan fingerprint density at radius 2 is 2.28 bits per heavy atom. The zero-order chi connectivity index (χ0) is 13.0. The minimum atomic E-state index is -0.167. The van der Waals surface area contributed by atoms with E-state index in [1.54, 1.807) is 17.4 Å². The fourth-order valence-electron chi connectivity index (χ4n) is 1.90. The standard InChI is InChI=1S/C14H17FN2S/c1-10-7-13(15)4-3-12(10)5-6-16-11(2)14-8-18-9-17-14/h3-4,7-9,11,16H,5-6H2,1-2H3. The molecule has 0 aliphatic carbocycles. The first-order valence-corrected chi connectivity index (χ1v) is 6.97. The molecule has 2 rings (SSSR count). The first kappa shape index (κ1) is 13.2. The lowest BCUT2D eigenvalue weighted by Gasteiger charge is -2.12. The van der Waals surface area contributed by atoms with E-state index in [1.807, 2.05) is 18.5 Å². The fourth-order valence-corrected chi connectivity index (χ4v) is 2.55. The number of hydrogen-bond donors (Lipinski definition) is 1. The van der Waals surface area contributed by atoms with Crippen molar-refractivity contribution >= 4 is 11.3 Å². The van der Waals surface area contributed by atoms with Crippen molar-refractivity contribution in [3.8, 4) is 0 Å². The van der Waals surface area contributed by atoms with Crippen molar-refractivity contribution in [1.82, 2.24) is 10.3 Å². The Labute approximate surface area is 111 Å². The summed E-state index contributed by atoms with van der Waals surface area (Å²) in [6.07, 6.45) is 0.903. The lowest BCUT2D eigenvalue weighted by atomic mass is 10.1. The average Bonchev–Trinajstić information content (AvgIpc) is 2.85. The van der Waals surface area contributed by atoms with Crippen LogP contribution in [0.2, 0.25) is 0 Å². The zero-order valence-electron chi connectivity index (χ0n) is 10.6. The molecule has 1 N–H and O–H groups in total. The summed E-state index contributed by atoms with van der Waals surface area (Å²) in [5.74, 6) is -0.167. The van der Waals surface area contributed by atoms with Gasteiger partial charge in [0, 0.05) is 11.4 Å². The Balaban J connectivity index is 1.85. The number of nitrogens with zero attached hydrogens (tertiary/aromatic N) is 1. The number of aryl methyl sites for hydroxylation is 1. The molecule has 0 aliphatic rings. The highest BCUT2D eigenvalue weighted by atomic mass is 32.1. The quantitative estimate of drug-likeness (QED) is 0.894. The topological polar surface area (TPSA) is 24.9 Å². The van der Waals surface area contributed by atoms with E-state index in [0.717, 1.165) is 24.2 Å². The molecule has 4 heteroatoms. The molecule has 0 spiro atoms. The van der Waals surface area contributed by atoms with Gasteiger partial charge in [-0.2, -0.15) is 0 Å². The summed E-state index contributed by atoms with van der Waals surface area (Å²) in [4.78, 5) is 4.28. The van der Waals surface area contributed by atoms with Crippen molar-refractivity contribution in [2.75, 3.05) is 6.54 Å². The van der Waals surface area contributed by atoms with Crippen molar-refractivity contribution in [2.24, 2.45) is 0 Å². The fraction of sp³-hybridized carbons (Fsp3) is 0.357. The second-order valence-electron chi connectivity index (χ2n) is 4.41. The van der Waals surface area contributed by atoms with Crippen molar-refractivity contribution < 1.29 is 4.39 Å². The van der Waals surface area contributed by atoms with Crippen LogP contribution in [0.5, 0.6) is 0 Å². The zero-order valence-corrected chi connectivity index (χ0v) is 11.4. The van der Waals surface area contributed by atoms with E-state index in [4.69, 9.17) is 0 Å². The van der Waals surface area contributed by atoms with E-state index in [-0.39, 0.29) is 11.9 Å². The van der Waals surface area contributed by atoms with Crippen LogP contribution in [-0.4, -0.2) is 11.5 Å². The first-order valence-electron chi connectivity index (χ1n) is 6.03. The predicted octanol–water partition coefficient (Wildman–Crippen LogP) is 3.48. The van der Waals surface area contributed by atoms with Crippen molar-refractivity contribution in [3.05, 3.63) is 51.7 Å². The maximum Gasteiger partial charge on any atom is 0.123 e. The highest BCUT2D eigenvalue weighted by Crippen LogP contribution is 2.13. The summed E-state index contributed by atoms with van der Waals surface area (Å²) in [7, 11) is 0. The maximum absolute atomic E-state index is 13.0. The Morgan fingerprint density at radius 3 is 2.94 bits per heavy atom.